The molecular formula is C130H138BN5. The third-order valence-corrected chi connectivity index (χ3v) is 29.4. The van der Waals surface area contributed by atoms with Crippen molar-refractivity contribution in [1.82, 2.24) is 13.7 Å². The van der Waals surface area contributed by atoms with Crippen molar-refractivity contribution in [3.05, 3.63) is 347 Å². The number of para-hydroxylation sites is 4. The fraction of sp³-hybridized carbons (Fsp3) is 0.308. The summed E-state index contributed by atoms with van der Waals surface area (Å²) in [6.07, 6.45) is 0. The van der Waals surface area contributed by atoms with Crippen LogP contribution in [0.3, 0.4) is 0 Å². The third kappa shape index (κ3) is 15.6. The molecule has 686 valence electrons. The van der Waals surface area contributed by atoms with Gasteiger partial charge in [0.05, 0.1) is 61.1 Å². The van der Waals surface area contributed by atoms with Gasteiger partial charge in [0, 0.05) is 88.7 Å². The Balaban J connectivity index is 1.06. The highest BCUT2D eigenvalue weighted by Crippen LogP contribution is 2.57. The maximum atomic E-state index is 10.3. The van der Waals surface area contributed by atoms with Crippen molar-refractivity contribution in [1.29, 1.82) is 0 Å². The van der Waals surface area contributed by atoms with E-state index in [0.29, 0.717) is 5.69 Å². The molecule has 0 saturated carbocycles. The lowest BCUT2D eigenvalue weighted by molar-refractivity contribution is 0.568. The topological polar surface area (TPSA) is 21.3 Å². The van der Waals surface area contributed by atoms with Gasteiger partial charge < -0.3 is 23.5 Å². The van der Waals surface area contributed by atoms with Gasteiger partial charge in [-0.25, -0.2) is 0 Å². The van der Waals surface area contributed by atoms with Crippen LogP contribution in [0.4, 0.5) is 34.1 Å². The van der Waals surface area contributed by atoms with Crippen LogP contribution in [-0.2, 0) is 54.1 Å². The number of hydrogen-bond donors (Lipinski definition) is 0. The van der Waals surface area contributed by atoms with E-state index < -0.39 is 43.0 Å². The molecule has 0 fully saturated rings. The molecule has 0 spiro atoms. The van der Waals surface area contributed by atoms with Gasteiger partial charge in [-0.1, -0.05) is 402 Å². The van der Waals surface area contributed by atoms with Crippen LogP contribution in [-0.4, -0.2) is 20.4 Å². The predicted molar refractivity (Wildman–Crippen MR) is 592 cm³/mol. The summed E-state index contributed by atoms with van der Waals surface area (Å²) in [6, 6.07) is 90.7. The first kappa shape index (κ1) is 81.7. The molecule has 0 N–H and O–H groups in total. The second-order valence-electron chi connectivity index (χ2n) is 49.5. The summed E-state index contributed by atoms with van der Waals surface area (Å²) < 4.78 is 85.3. The van der Waals surface area contributed by atoms with Gasteiger partial charge in [0.1, 0.15) is 0 Å². The number of nitrogens with zero attached hydrogens (tertiary/aromatic N) is 5. The molecule has 0 bridgehead atoms. The smallest absolute Gasteiger partial charge is 0.252 e. The summed E-state index contributed by atoms with van der Waals surface area (Å²) in [5, 5.41) is 4.60. The number of fused-ring (bicyclic) bond motifs is 13. The summed E-state index contributed by atoms with van der Waals surface area (Å²) in [6.45, 7) is 68.6. The molecule has 3 aromatic heterocycles. The SMILES string of the molecule is [2H]c1c([2H])c([2H])c2c(c1[2H])c1c([2H])c([2H])c([2H])c([2H])c1n2-c1ccc2c(c1)N(c1c(-c3ccc(C(C)(C)C)cc3)cccc1-c1cc(C(C)(C)C)cc(C(C)(C)C)c1)c1cc(-n3c4ccc(C(C)(C)C)cc4c4cc(C(C)(C)C)ccc43)cc3c1B2c1ccc(-n2c4ccc(C(C)(C)C)cc4c4cc(C(C)(C)C)ccc42)cc1N3c1c(-c2ccc(C(C)(C)C)cc2)cccc1-c1cc(C(C)(C)C)cc(C(C)(C)C)c1. The van der Waals surface area contributed by atoms with E-state index >= 15 is 0 Å². The van der Waals surface area contributed by atoms with Crippen molar-refractivity contribution in [2.24, 2.45) is 0 Å². The standard InChI is InChI=1S/C130H138BN5/c1-121(2,3)83-49-45-79(46-50-83)96-39-35-41-98(81-65-89(127(19,20)21)69-90(66-81)128(22,23)24)119(96)135-114-75-93(132-108-43-33-31-37-100(108)101-38-32-34-44-109(101)132)57-59-106(114)131-107-60-58-94(133-110-61-53-85(123(7,8)9)71-102(110)103-72-86(124(10,11)12)54-62-111(103)133)76-115(107)136(117-78-95(77-116(135)118(117)131)134-112-63-55-87(125(13,14)15)73-104(112)105-74-88(126(16,17)18)56-64-113(105)134)120-97(80-47-51-84(52-48-80)122(4,5)6)40-36-42-99(120)82-67-91(129(25,26)27)70-92(68-82)130(28,29)30/h31-78H,1-30H3/i31D,32D,33D,34D,37D,38D,43D,44D. The highest BCUT2D eigenvalue weighted by atomic mass is 15.2. The van der Waals surface area contributed by atoms with E-state index in [0.717, 1.165) is 139 Å². The van der Waals surface area contributed by atoms with E-state index in [-0.39, 0.29) is 88.0 Å². The number of hydrogen-bond acceptors (Lipinski definition) is 2. The van der Waals surface area contributed by atoms with Crippen LogP contribution in [0.15, 0.2) is 291 Å². The maximum absolute atomic E-state index is 10.3. The third-order valence-electron chi connectivity index (χ3n) is 29.4. The van der Waals surface area contributed by atoms with E-state index in [1.54, 1.807) is 4.57 Å². The maximum Gasteiger partial charge on any atom is 0.252 e. The van der Waals surface area contributed by atoms with Gasteiger partial charge in [-0.05, 0) is 245 Å². The highest BCUT2D eigenvalue weighted by Gasteiger charge is 2.47. The van der Waals surface area contributed by atoms with Crippen LogP contribution in [0.2, 0.25) is 0 Å². The quantitative estimate of drug-likeness (QED) is 0.134. The molecule has 136 heavy (non-hydrogen) atoms. The number of anilines is 6. The molecule has 18 aromatic rings. The fourth-order valence-electron chi connectivity index (χ4n) is 21.1. The van der Waals surface area contributed by atoms with Gasteiger partial charge in [0.15, 0.2) is 0 Å². The second-order valence-corrected chi connectivity index (χ2v) is 49.5. The van der Waals surface area contributed by atoms with E-state index in [4.69, 9.17) is 0 Å². The van der Waals surface area contributed by atoms with Gasteiger partial charge in [0.2, 0.25) is 0 Å². The Morgan fingerprint density at radius 1 is 0.206 bits per heavy atom. The average molecular weight is 1790 g/mol. The zero-order valence-corrected chi connectivity index (χ0v) is 85.9. The van der Waals surface area contributed by atoms with E-state index in [1.807, 2.05) is 6.07 Å². The Morgan fingerprint density at radius 2 is 0.463 bits per heavy atom. The van der Waals surface area contributed by atoms with Crippen molar-refractivity contribution in [2.45, 2.75) is 262 Å². The average Bonchev–Trinajstić information content (AvgIpc) is 0.992. The van der Waals surface area contributed by atoms with Crippen molar-refractivity contribution in [3.63, 3.8) is 0 Å². The van der Waals surface area contributed by atoms with Crippen LogP contribution in [0.1, 0.15) is 274 Å². The van der Waals surface area contributed by atoms with Crippen LogP contribution in [0.25, 0.3) is 127 Å². The largest absolute Gasteiger partial charge is 0.310 e. The van der Waals surface area contributed by atoms with E-state index in [2.05, 4.69) is 463 Å². The van der Waals surface area contributed by atoms with Gasteiger partial charge in [-0.15, -0.1) is 0 Å². The molecular weight excluding hydrogens is 1640 g/mol. The number of aromatic nitrogens is 3. The Labute approximate surface area is 822 Å². The van der Waals surface area contributed by atoms with Gasteiger partial charge in [0.25, 0.3) is 6.71 Å². The van der Waals surface area contributed by atoms with Gasteiger partial charge in [-0.3, -0.25) is 0 Å². The zero-order valence-electron chi connectivity index (χ0n) is 93.9. The Hall–Kier alpha value is -12.6. The second kappa shape index (κ2) is 31.5. The van der Waals surface area contributed by atoms with Gasteiger partial charge in [-0.2, -0.15) is 0 Å². The summed E-state index contributed by atoms with van der Waals surface area (Å²) in [7, 11) is 0. The molecule has 5 nitrogen and oxygen atoms in total. The molecule has 0 aliphatic carbocycles. The van der Waals surface area contributed by atoms with Crippen molar-refractivity contribution in [2.75, 3.05) is 9.80 Å². The van der Waals surface area contributed by atoms with Crippen molar-refractivity contribution >= 4 is 123 Å². The highest BCUT2D eigenvalue weighted by molar-refractivity contribution is 7.00. The minimum atomic E-state index is -0.627. The molecule has 0 atom stereocenters. The zero-order chi connectivity index (χ0) is 104. The molecule has 20 rings (SSSR count). The summed E-state index contributed by atoms with van der Waals surface area (Å²) in [5.41, 5.74) is 32.7. The molecule has 2 aliphatic rings. The molecule has 6 heteroatoms. The lowest BCUT2D eigenvalue weighted by Crippen LogP contribution is -2.61. The Bertz CT molecular complexity index is 8150. The lowest BCUT2D eigenvalue weighted by Gasteiger charge is -2.46. The predicted octanol–water partition coefficient (Wildman–Crippen LogP) is 34.7. The molecule has 5 heterocycles. The molecule has 0 amide bonds. The minimum Gasteiger partial charge on any atom is -0.310 e. The monoisotopic (exact) mass is 1790 g/mol. The first-order valence-electron chi connectivity index (χ1n) is 53.1. The van der Waals surface area contributed by atoms with Crippen molar-refractivity contribution < 1.29 is 11.0 Å². The van der Waals surface area contributed by atoms with Crippen LogP contribution < -0.4 is 26.2 Å². The molecule has 0 unspecified atom stereocenters. The number of rotatable bonds is 9. The summed E-state index contributed by atoms with van der Waals surface area (Å²) >= 11 is 0. The van der Waals surface area contributed by atoms with E-state index in [1.165, 1.54) is 66.4 Å². The van der Waals surface area contributed by atoms with E-state index in [9.17, 15) is 11.0 Å². The minimum absolute atomic E-state index is 0.00142. The normalized spacial score (nSPS) is 14.6. The summed E-state index contributed by atoms with van der Waals surface area (Å²) in [5.74, 6) is 0. The molecule has 0 saturated heterocycles. The number of benzene rings is 15. The Kier molecular flexibility index (Phi) is 18.9. The van der Waals surface area contributed by atoms with Crippen molar-refractivity contribution in [3.8, 4) is 61.6 Å². The molecule has 15 aromatic carbocycles. The molecule has 2 aliphatic heterocycles. The van der Waals surface area contributed by atoms with Gasteiger partial charge >= 0.3 is 0 Å². The summed E-state index contributed by atoms with van der Waals surface area (Å²) in [4.78, 5) is 5.25. The van der Waals surface area contributed by atoms with Crippen LogP contribution in [0.5, 0.6) is 0 Å². The first-order valence-corrected chi connectivity index (χ1v) is 49.1. The van der Waals surface area contributed by atoms with Crippen LogP contribution in [0, 0.1) is 0 Å². The fourth-order valence-corrected chi connectivity index (χ4v) is 21.1. The Morgan fingerprint density at radius 3 is 0.757 bits per heavy atom. The molecule has 0 radical (unpaired) electrons. The first-order chi connectivity index (χ1) is 67.1. The van der Waals surface area contributed by atoms with Crippen LogP contribution >= 0.6 is 0 Å². The lowest BCUT2D eigenvalue weighted by atomic mass is 9.33.